The van der Waals surface area contributed by atoms with Crippen LogP contribution < -0.4 is 15.4 Å². The second-order valence-corrected chi connectivity index (χ2v) is 4.19. The Balaban J connectivity index is 1.75. The summed E-state index contributed by atoms with van der Waals surface area (Å²) in [4.78, 5) is 11.4. The third-order valence-electron chi connectivity index (χ3n) is 2.74. The Morgan fingerprint density at radius 1 is 1.41 bits per heavy atom. The molecule has 2 rings (SSSR count). The predicted molar refractivity (Wildman–Crippen MR) is 66.3 cm³/mol. The van der Waals surface area contributed by atoms with E-state index in [9.17, 15) is 4.79 Å². The number of hydrogen-bond acceptors (Lipinski definition) is 2. The number of hydrogen-bond donors (Lipinski definition) is 2. The number of carbonyl (C=O) groups is 1. The third-order valence-corrected chi connectivity index (χ3v) is 2.74. The fraction of sp³-hybridized carbons (Fsp3) is 0.462. The number of ether oxygens (including phenoxy) is 1. The summed E-state index contributed by atoms with van der Waals surface area (Å²) < 4.78 is 5.72. The van der Waals surface area contributed by atoms with E-state index in [1.165, 1.54) is 5.56 Å². The maximum atomic E-state index is 11.4. The van der Waals surface area contributed by atoms with Crippen LogP contribution in [0.15, 0.2) is 24.3 Å². The van der Waals surface area contributed by atoms with E-state index in [4.69, 9.17) is 4.74 Å². The molecule has 0 saturated heterocycles. The van der Waals surface area contributed by atoms with Crippen molar-refractivity contribution in [2.75, 3.05) is 13.1 Å². The van der Waals surface area contributed by atoms with Crippen LogP contribution in [0.25, 0.3) is 0 Å². The predicted octanol–water partition coefficient (Wildman–Crippen LogP) is 1.70. The average molecular weight is 234 g/mol. The lowest BCUT2D eigenvalue weighted by molar-refractivity contribution is 0.214. The fourth-order valence-electron chi connectivity index (χ4n) is 1.88. The summed E-state index contributed by atoms with van der Waals surface area (Å²) in [7, 11) is 0. The van der Waals surface area contributed by atoms with Gasteiger partial charge in [0.05, 0.1) is 6.54 Å². The van der Waals surface area contributed by atoms with Crippen LogP contribution in [-0.2, 0) is 6.42 Å². The van der Waals surface area contributed by atoms with Gasteiger partial charge < -0.3 is 15.4 Å². The number of para-hydroxylation sites is 1. The van der Waals surface area contributed by atoms with Crippen molar-refractivity contribution >= 4 is 6.03 Å². The minimum Gasteiger partial charge on any atom is -0.488 e. The second-order valence-electron chi connectivity index (χ2n) is 4.19. The molecule has 4 heteroatoms. The zero-order valence-electron chi connectivity index (χ0n) is 10.0. The summed E-state index contributed by atoms with van der Waals surface area (Å²) in [6.07, 6.45) is 1.86. The van der Waals surface area contributed by atoms with Crippen molar-refractivity contribution < 1.29 is 9.53 Å². The lowest BCUT2D eigenvalue weighted by atomic mass is 10.1. The molecule has 1 atom stereocenters. The van der Waals surface area contributed by atoms with Crippen molar-refractivity contribution in [1.29, 1.82) is 0 Å². The number of rotatable bonds is 4. The number of nitrogens with one attached hydrogen (secondary N) is 2. The van der Waals surface area contributed by atoms with Gasteiger partial charge in [0.2, 0.25) is 0 Å². The number of benzene rings is 1. The largest absolute Gasteiger partial charge is 0.488 e. The topological polar surface area (TPSA) is 50.4 Å². The molecule has 1 aliphatic heterocycles. The van der Waals surface area contributed by atoms with Crippen molar-refractivity contribution in [3.05, 3.63) is 29.8 Å². The SMILES string of the molecule is CCCNC(=O)NC[C@@H]1Cc2ccccc2O1. The van der Waals surface area contributed by atoms with E-state index in [0.717, 1.165) is 18.6 Å². The molecular weight excluding hydrogens is 216 g/mol. The molecule has 0 fully saturated rings. The quantitative estimate of drug-likeness (QED) is 0.833. The summed E-state index contributed by atoms with van der Waals surface area (Å²) in [5.41, 5.74) is 1.22. The van der Waals surface area contributed by atoms with Crippen LogP contribution in [0.5, 0.6) is 5.75 Å². The van der Waals surface area contributed by atoms with Gasteiger partial charge in [-0.15, -0.1) is 0 Å². The first-order valence-electron chi connectivity index (χ1n) is 6.06. The van der Waals surface area contributed by atoms with Gasteiger partial charge in [-0.25, -0.2) is 4.79 Å². The van der Waals surface area contributed by atoms with Crippen LogP contribution in [0.1, 0.15) is 18.9 Å². The van der Waals surface area contributed by atoms with E-state index in [1.807, 2.05) is 25.1 Å². The zero-order valence-corrected chi connectivity index (χ0v) is 10.0. The van der Waals surface area contributed by atoms with Gasteiger partial charge in [-0.3, -0.25) is 0 Å². The molecule has 1 heterocycles. The smallest absolute Gasteiger partial charge is 0.314 e. The Hall–Kier alpha value is -1.71. The Morgan fingerprint density at radius 2 is 2.24 bits per heavy atom. The summed E-state index contributed by atoms with van der Waals surface area (Å²) in [5.74, 6) is 0.938. The first kappa shape index (κ1) is 11.8. The molecule has 17 heavy (non-hydrogen) atoms. The van der Waals surface area contributed by atoms with Crippen LogP contribution in [0.4, 0.5) is 4.79 Å². The monoisotopic (exact) mass is 234 g/mol. The van der Waals surface area contributed by atoms with E-state index in [0.29, 0.717) is 13.1 Å². The van der Waals surface area contributed by atoms with E-state index >= 15 is 0 Å². The Bertz CT molecular complexity index is 368. The van der Waals surface area contributed by atoms with Crippen molar-refractivity contribution in [3.63, 3.8) is 0 Å². The lowest BCUT2D eigenvalue weighted by Crippen LogP contribution is -2.41. The Labute approximate surface area is 101 Å². The molecule has 0 saturated carbocycles. The number of carbonyl (C=O) groups excluding carboxylic acids is 1. The van der Waals surface area contributed by atoms with Crippen molar-refractivity contribution in [3.8, 4) is 5.75 Å². The summed E-state index contributed by atoms with van der Waals surface area (Å²) in [5, 5.41) is 5.59. The van der Waals surface area contributed by atoms with Crippen LogP contribution >= 0.6 is 0 Å². The highest BCUT2D eigenvalue weighted by atomic mass is 16.5. The van der Waals surface area contributed by atoms with Crippen molar-refractivity contribution in [2.45, 2.75) is 25.9 Å². The van der Waals surface area contributed by atoms with E-state index < -0.39 is 0 Å². The van der Waals surface area contributed by atoms with Gasteiger partial charge >= 0.3 is 6.03 Å². The summed E-state index contributed by atoms with van der Waals surface area (Å²) in [6.45, 7) is 3.28. The van der Waals surface area contributed by atoms with E-state index in [2.05, 4.69) is 16.7 Å². The highest BCUT2D eigenvalue weighted by molar-refractivity contribution is 5.73. The van der Waals surface area contributed by atoms with Gasteiger partial charge in [-0.1, -0.05) is 25.1 Å². The van der Waals surface area contributed by atoms with Gasteiger partial charge in [0, 0.05) is 13.0 Å². The lowest BCUT2D eigenvalue weighted by Gasteiger charge is -2.12. The number of amides is 2. The average Bonchev–Trinajstić information content (AvgIpc) is 2.76. The molecule has 1 aromatic rings. The second kappa shape index (κ2) is 5.57. The molecule has 0 radical (unpaired) electrons. The van der Waals surface area contributed by atoms with Crippen LogP contribution in [0, 0.1) is 0 Å². The molecule has 0 bridgehead atoms. The van der Waals surface area contributed by atoms with E-state index in [-0.39, 0.29) is 12.1 Å². The van der Waals surface area contributed by atoms with E-state index in [1.54, 1.807) is 0 Å². The molecular formula is C13H18N2O2. The molecule has 1 aliphatic rings. The summed E-state index contributed by atoms with van der Waals surface area (Å²) >= 11 is 0. The molecule has 2 N–H and O–H groups in total. The molecule has 0 aromatic heterocycles. The molecule has 0 unspecified atom stereocenters. The number of fused-ring (bicyclic) bond motifs is 1. The van der Waals surface area contributed by atoms with Gasteiger partial charge in [-0.05, 0) is 18.1 Å². The van der Waals surface area contributed by atoms with Crippen molar-refractivity contribution in [2.24, 2.45) is 0 Å². The molecule has 2 amide bonds. The minimum absolute atomic E-state index is 0.0553. The van der Waals surface area contributed by atoms with Gasteiger partial charge in [0.15, 0.2) is 0 Å². The summed E-state index contributed by atoms with van der Waals surface area (Å²) in [6, 6.07) is 7.87. The molecule has 92 valence electrons. The molecule has 0 spiro atoms. The minimum atomic E-state index is -0.119. The zero-order chi connectivity index (χ0) is 12.1. The fourth-order valence-corrected chi connectivity index (χ4v) is 1.88. The maximum Gasteiger partial charge on any atom is 0.314 e. The normalized spacial score (nSPS) is 17.1. The maximum absolute atomic E-state index is 11.4. The third kappa shape index (κ3) is 3.12. The first-order valence-corrected chi connectivity index (χ1v) is 6.06. The Kier molecular flexibility index (Phi) is 3.85. The van der Waals surface area contributed by atoms with Gasteiger partial charge in [0.1, 0.15) is 11.9 Å². The van der Waals surface area contributed by atoms with Crippen molar-refractivity contribution in [1.82, 2.24) is 10.6 Å². The molecule has 0 aliphatic carbocycles. The number of urea groups is 1. The van der Waals surface area contributed by atoms with Gasteiger partial charge in [0.25, 0.3) is 0 Å². The standard InChI is InChI=1S/C13H18N2O2/c1-2-7-14-13(16)15-9-11-8-10-5-3-4-6-12(10)17-11/h3-6,11H,2,7-9H2,1H3,(H2,14,15,16)/t11-/m0/s1. The van der Waals surface area contributed by atoms with Gasteiger partial charge in [-0.2, -0.15) is 0 Å². The molecule has 4 nitrogen and oxygen atoms in total. The molecule has 1 aromatic carbocycles. The highest BCUT2D eigenvalue weighted by Crippen LogP contribution is 2.27. The van der Waals surface area contributed by atoms with Crippen LogP contribution in [-0.4, -0.2) is 25.2 Å². The first-order chi connectivity index (χ1) is 8.29. The van der Waals surface area contributed by atoms with Crippen LogP contribution in [0.3, 0.4) is 0 Å². The van der Waals surface area contributed by atoms with Crippen LogP contribution in [0.2, 0.25) is 0 Å². The Morgan fingerprint density at radius 3 is 3.00 bits per heavy atom. The highest BCUT2D eigenvalue weighted by Gasteiger charge is 2.22.